The Hall–Kier alpha value is -1.44. The van der Waals surface area contributed by atoms with Gasteiger partial charge in [0, 0.05) is 31.1 Å². The molecule has 144 valence electrons. The minimum absolute atomic E-state index is 0.0399. The van der Waals surface area contributed by atoms with E-state index in [1.54, 1.807) is 4.90 Å². The summed E-state index contributed by atoms with van der Waals surface area (Å²) in [6.07, 6.45) is 3.75. The van der Waals surface area contributed by atoms with E-state index in [4.69, 9.17) is 5.73 Å². The maximum Gasteiger partial charge on any atom is 0.239 e. The third-order valence-electron chi connectivity index (χ3n) is 5.62. The molecule has 0 radical (unpaired) electrons. The second-order valence-electron chi connectivity index (χ2n) is 7.81. The summed E-state index contributed by atoms with van der Waals surface area (Å²) in [5.41, 5.74) is 7.30. The van der Waals surface area contributed by atoms with Crippen molar-refractivity contribution >= 4 is 15.9 Å². The van der Waals surface area contributed by atoms with Crippen molar-refractivity contribution in [1.29, 1.82) is 0 Å². The summed E-state index contributed by atoms with van der Waals surface area (Å²) in [4.78, 5) is 14.1. The zero-order valence-electron chi connectivity index (χ0n) is 15.3. The molecule has 7 heteroatoms. The topological polar surface area (TPSA) is 92.5 Å². The van der Waals surface area contributed by atoms with E-state index < -0.39 is 15.8 Å². The van der Waals surface area contributed by atoms with Crippen molar-refractivity contribution in [3.8, 4) is 0 Å². The summed E-state index contributed by atoms with van der Waals surface area (Å²) in [6.45, 7) is 3.06. The minimum atomic E-state index is -3.62. The van der Waals surface area contributed by atoms with Crippen LogP contribution < -0.4 is 10.5 Å². The van der Waals surface area contributed by atoms with Gasteiger partial charge < -0.3 is 10.6 Å². The Bertz CT molecular complexity index is 715. The smallest absolute Gasteiger partial charge is 0.239 e. The third kappa shape index (κ3) is 4.84. The highest BCUT2D eigenvalue weighted by molar-refractivity contribution is 7.90. The van der Waals surface area contributed by atoms with Crippen LogP contribution in [0.1, 0.15) is 44.1 Å². The molecule has 1 saturated heterocycles. The van der Waals surface area contributed by atoms with Crippen molar-refractivity contribution in [2.24, 2.45) is 11.7 Å². The van der Waals surface area contributed by atoms with Crippen molar-refractivity contribution in [1.82, 2.24) is 9.62 Å². The maximum atomic E-state index is 12.5. The van der Waals surface area contributed by atoms with Gasteiger partial charge in [0.2, 0.25) is 15.9 Å². The lowest BCUT2D eigenvalue weighted by molar-refractivity contribution is -0.127. The van der Waals surface area contributed by atoms with Gasteiger partial charge in [-0.15, -0.1) is 0 Å². The van der Waals surface area contributed by atoms with Gasteiger partial charge in [0.05, 0.1) is 0 Å². The molecular formula is C19H29N3O3S. The van der Waals surface area contributed by atoms with E-state index in [1.165, 1.54) is 0 Å². The zero-order valence-corrected chi connectivity index (χ0v) is 16.1. The van der Waals surface area contributed by atoms with Gasteiger partial charge >= 0.3 is 0 Å². The van der Waals surface area contributed by atoms with Gasteiger partial charge in [-0.3, -0.25) is 4.79 Å². The Morgan fingerprint density at radius 2 is 1.81 bits per heavy atom. The molecule has 1 aromatic carbocycles. The zero-order chi connectivity index (χ0) is 18.7. The number of likely N-dealkylation sites (tertiary alicyclic amines) is 1. The molecule has 3 rings (SSSR count). The second kappa shape index (κ2) is 8.06. The molecule has 1 heterocycles. The SMILES string of the molecule is CC1CCC(NS(=O)(=O)CC(=O)N2C[C@@H](N)[C@H](c3ccccc3)C2)CC1. The predicted octanol–water partition coefficient (Wildman–Crippen LogP) is 1.44. The highest BCUT2D eigenvalue weighted by Crippen LogP contribution is 2.27. The van der Waals surface area contributed by atoms with Crippen LogP contribution in [-0.4, -0.2) is 50.2 Å². The molecule has 3 N–H and O–H groups in total. The van der Waals surface area contributed by atoms with Crippen LogP contribution in [0.4, 0.5) is 0 Å². The lowest BCUT2D eigenvalue weighted by Crippen LogP contribution is -2.43. The van der Waals surface area contributed by atoms with Gasteiger partial charge in [0.15, 0.2) is 0 Å². The Balaban J connectivity index is 1.56. The Morgan fingerprint density at radius 3 is 2.46 bits per heavy atom. The van der Waals surface area contributed by atoms with E-state index >= 15 is 0 Å². The summed E-state index contributed by atoms with van der Waals surface area (Å²) in [5, 5.41) is 0. The minimum Gasteiger partial charge on any atom is -0.340 e. The molecule has 0 bridgehead atoms. The van der Waals surface area contributed by atoms with Gasteiger partial charge in [0.25, 0.3) is 0 Å². The largest absolute Gasteiger partial charge is 0.340 e. The monoisotopic (exact) mass is 379 g/mol. The van der Waals surface area contributed by atoms with E-state index in [9.17, 15) is 13.2 Å². The number of nitrogens with one attached hydrogen (secondary N) is 1. The average molecular weight is 380 g/mol. The Labute approximate surface area is 156 Å². The number of carbonyl (C=O) groups is 1. The van der Waals surface area contributed by atoms with Gasteiger partial charge in [-0.05, 0) is 37.2 Å². The van der Waals surface area contributed by atoms with Crippen molar-refractivity contribution in [2.45, 2.75) is 50.6 Å². The molecule has 1 aliphatic heterocycles. The van der Waals surface area contributed by atoms with Crippen LogP contribution in [0.15, 0.2) is 30.3 Å². The summed E-state index contributed by atoms with van der Waals surface area (Å²) in [5.74, 6) is -0.155. The standard InChI is InChI=1S/C19H29N3O3S/c1-14-7-9-16(10-8-14)21-26(24,25)13-19(23)22-11-17(18(20)12-22)15-5-3-2-4-6-15/h2-6,14,16-18,21H,7-13,20H2,1H3/t14?,16?,17-,18+/m0/s1. The summed E-state index contributed by atoms with van der Waals surface area (Å²) >= 11 is 0. The summed E-state index contributed by atoms with van der Waals surface area (Å²) in [6, 6.07) is 9.63. The molecule has 1 saturated carbocycles. The van der Waals surface area contributed by atoms with Crippen LogP contribution in [0.2, 0.25) is 0 Å². The molecule has 0 spiro atoms. The predicted molar refractivity (Wildman–Crippen MR) is 102 cm³/mol. The van der Waals surface area contributed by atoms with Crippen LogP contribution in [0.3, 0.4) is 0 Å². The molecule has 0 unspecified atom stereocenters. The molecule has 2 aliphatic rings. The second-order valence-corrected chi connectivity index (χ2v) is 9.57. The molecule has 2 atom stereocenters. The van der Waals surface area contributed by atoms with Crippen LogP contribution in [0.5, 0.6) is 0 Å². The first-order chi connectivity index (χ1) is 12.3. The highest BCUT2D eigenvalue weighted by atomic mass is 32.2. The lowest BCUT2D eigenvalue weighted by Gasteiger charge is -2.27. The lowest BCUT2D eigenvalue weighted by atomic mass is 9.88. The fourth-order valence-corrected chi connectivity index (χ4v) is 5.35. The summed E-state index contributed by atoms with van der Waals surface area (Å²) in [7, 11) is -3.62. The molecule has 26 heavy (non-hydrogen) atoms. The van der Waals surface area contributed by atoms with E-state index in [-0.39, 0.29) is 23.9 Å². The molecule has 0 aromatic heterocycles. The van der Waals surface area contributed by atoms with E-state index in [1.807, 2.05) is 30.3 Å². The third-order valence-corrected chi connectivity index (χ3v) is 6.94. The van der Waals surface area contributed by atoms with E-state index in [0.29, 0.717) is 19.0 Å². The maximum absolute atomic E-state index is 12.5. The first-order valence-electron chi connectivity index (χ1n) is 9.42. The van der Waals surface area contributed by atoms with E-state index in [2.05, 4.69) is 11.6 Å². The first-order valence-corrected chi connectivity index (χ1v) is 11.1. The molecule has 1 aliphatic carbocycles. The van der Waals surface area contributed by atoms with Crippen molar-refractivity contribution in [3.05, 3.63) is 35.9 Å². The molecule has 1 aromatic rings. The van der Waals surface area contributed by atoms with Crippen molar-refractivity contribution in [2.75, 3.05) is 18.8 Å². The number of hydrogen-bond acceptors (Lipinski definition) is 4. The molecule has 2 fully saturated rings. The van der Waals surface area contributed by atoms with Crippen LogP contribution in [-0.2, 0) is 14.8 Å². The van der Waals surface area contributed by atoms with Gasteiger partial charge in [-0.1, -0.05) is 37.3 Å². The molecule has 6 nitrogen and oxygen atoms in total. The number of sulfonamides is 1. The Kier molecular flexibility index (Phi) is 5.99. The summed E-state index contributed by atoms with van der Waals surface area (Å²) < 4.78 is 27.5. The first kappa shape index (κ1) is 19.3. The van der Waals surface area contributed by atoms with Gasteiger partial charge in [-0.2, -0.15) is 0 Å². The number of nitrogens with zero attached hydrogens (tertiary/aromatic N) is 1. The number of carbonyl (C=O) groups excluding carboxylic acids is 1. The normalized spacial score (nSPS) is 29.7. The van der Waals surface area contributed by atoms with E-state index in [0.717, 1.165) is 31.2 Å². The average Bonchev–Trinajstić information content (AvgIpc) is 2.99. The quantitative estimate of drug-likeness (QED) is 0.810. The number of rotatable bonds is 5. The number of amides is 1. The van der Waals surface area contributed by atoms with Crippen molar-refractivity contribution < 1.29 is 13.2 Å². The number of nitrogens with two attached hydrogens (primary N) is 1. The fraction of sp³-hybridized carbons (Fsp3) is 0.632. The molecular weight excluding hydrogens is 350 g/mol. The fourth-order valence-electron chi connectivity index (χ4n) is 4.01. The number of benzene rings is 1. The molecule has 1 amide bonds. The van der Waals surface area contributed by atoms with Gasteiger partial charge in [-0.25, -0.2) is 13.1 Å². The number of hydrogen-bond donors (Lipinski definition) is 2. The van der Waals surface area contributed by atoms with Crippen LogP contribution in [0.25, 0.3) is 0 Å². The Morgan fingerprint density at radius 1 is 1.15 bits per heavy atom. The van der Waals surface area contributed by atoms with Crippen LogP contribution in [0, 0.1) is 5.92 Å². The van der Waals surface area contributed by atoms with Gasteiger partial charge in [0.1, 0.15) is 5.75 Å². The highest BCUT2D eigenvalue weighted by Gasteiger charge is 2.35. The van der Waals surface area contributed by atoms with Crippen molar-refractivity contribution in [3.63, 3.8) is 0 Å². The van der Waals surface area contributed by atoms with Crippen LogP contribution >= 0.6 is 0 Å².